The van der Waals surface area contributed by atoms with Gasteiger partial charge in [0.15, 0.2) is 11.5 Å². The van der Waals surface area contributed by atoms with Crippen molar-refractivity contribution in [3.8, 4) is 11.5 Å². The predicted molar refractivity (Wildman–Crippen MR) is 116 cm³/mol. The lowest BCUT2D eigenvalue weighted by Gasteiger charge is -2.27. The Hall–Kier alpha value is -3.26. The van der Waals surface area contributed by atoms with Crippen LogP contribution in [-0.2, 0) is 14.8 Å². The number of carbonyl (C=O) groups excluding carboxylic acids is 1. The number of rotatable bonds is 6. The Kier molecular flexibility index (Phi) is 5.50. The van der Waals surface area contributed by atoms with Crippen LogP contribution in [0.25, 0.3) is 10.8 Å². The molecule has 1 N–H and O–H groups in total. The molecule has 0 saturated heterocycles. The molecule has 3 aromatic rings. The van der Waals surface area contributed by atoms with E-state index in [1.165, 1.54) is 0 Å². The molecule has 0 radical (unpaired) electrons. The lowest BCUT2D eigenvalue weighted by Crippen LogP contribution is -2.45. The lowest BCUT2D eigenvalue weighted by atomic mass is 10.1. The zero-order valence-electron chi connectivity index (χ0n) is 16.4. The van der Waals surface area contributed by atoms with Crippen LogP contribution in [0.1, 0.15) is 0 Å². The highest BCUT2D eigenvalue weighted by Crippen LogP contribution is 2.31. The van der Waals surface area contributed by atoms with E-state index >= 15 is 0 Å². The molecule has 1 atom stereocenters. The number of hydrogen-bond acceptors (Lipinski definition) is 5. The monoisotopic (exact) mass is 426 g/mol. The number of fused-ring (bicyclic) bond motifs is 2. The summed E-state index contributed by atoms with van der Waals surface area (Å²) < 4.78 is 37.5. The van der Waals surface area contributed by atoms with E-state index in [4.69, 9.17) is 9.47 Å². The summed E-state index contributed by atoms with van der Waals surface area (Å²) in [4.78, 5) is 12.6. The topological polar surface area (TPSA) is 84.9 Å². The summed E-state index contributed by atoms with van der Waals surface area (Å²) in [6.07, 6.45) is 0.741. The van der Waals surface area contributed by atoms with E-state index in [2.05, 4.69) is 5.32 Å². The molecular weight excluding hydrogens is 404 g/mol. The summed E-state index contributed by atoms with van der Waals surface area (Å²) in [6, 6.07) is 20.2. The number of nitrogens with one attached hydrogen (secondary N) is 1. The highest BCUT2D eigenvalue weighted by molar-refractivity contribution is 7.92. The van der Waals surface area contributed by atoms with E-state index in [-0.39, 0.29) is 19.2 Å². The maximum Gasteiger partial charge on any atom is 0.240 e. The van der Waals surface area contributed by atoms with Crippen LogP contribution in [0, 0.1) is 0 Å². The molecule has 0 spiro atoms. The first-order valence-electron chi connectivity index (χ1n) is 9.52. The fourth-order valence-electron chi connectivity index (χ4n) is 3.38. The van der Waals surface area contributed by atoms with Crippen LogP contribution >= 0.6 is 0 Å². The molecule has 0 aliphatic carbocycles. The van der Waals surface area contributed by atoms with E-state index < -0.39 is 15.9 Å². The Bertz CT molecular complexity index is 1170. The van der Waals surface area contributed by atoms with Gasteiger partial charge < -0.3 is 14.8 Å². The quantitative estimate of drug-likeness (QED) is 0.655. The normalized spacial score (nSPS) is 15.6. The smallest absolute Gasteiger partial charge is 0.240 e. The van der Waals surface area contributed by atoms with Crippen molar-refractivity contribution in [2.45, 2.75) is 6.10 Å². The Morgan fingerprint density at radius 1 is 1.03 bits per heavy atom. The first kappa shape index (κ1) is 20.0. The van der Waals surface area contributed by atoms with Crippen molar-refractivity contribution in [2.75, 3.05) is 30.3 Å². The first-order valence-corrected chi connectivity index (χ1v) is 11.4. The summed E-state index contributed by atoms with van der Waals surface area (Å²) in [5.74, 6) is 0.867. The summed E-state index contributed by atoms with van der Waals surface area (Å²) >= 11 is 0. The van der Waals surface area contributed by atoms with Gasteiger partial charge in [-0.3, -0.25) is 9.10 Å². The zero-order valence-corrected chi connectivity index (χ0v) is 17.3. The second kappa shape index (κ2) is 8.23. The highest BCUT2D eigenvalue weighted by Gasteiger charge is 2.25. The number of carbonyl (C=O) groups is 1. The van der Waals surface area contributed by atoms with Crippen molar-refractivity contribution in [1.82, 2.24) is 5.32 Å². The SMILES string of the molecule is CS(=O)(=O)N(CC(=O)NC[C@@H]1COc2ccccc2O1)c1cccc2ccccc12. The van der Waals surface area contributed by atoms with Gasteiger partial charge in [0, 0.05) is 5.39 Å². The van der Waals surface area contributed by atoms with Crippen molar-refractivity contribution < 1.29 is 22.7 Å². The van der Waals surface area contributed by atoms with E-state index in [0.29, 0.717) is 23.8 Å². The first-order chi connectivity index (χ1) is 14.4. The van der Waals surface area contributed by atoms with Crippen molar-refractivity contribution in [3.63, 3.8) is 0 Å². The number of hydrogen-bond donors (Lipinski definition) is 1. The Balaban J connectivity index is 1.46. The molecule has 7 nitrogen and oxygen atoms in total. The molecular formula is C22H22N2O5S. The maximum absolute atomic E-state index is 12.6. The highest BCUT2D eigenvalue weighted by atomic mass is 32.2. The zero-order chi connectivity index (χ0) is 21.1. The Morgan fingerprint density at radius 3 is 2.53 bits per heavy atom. The number of ether oxygens (including phenoxy) is 2. The van der Waals surface area contributed by atoms with Crippen LogP contribution in [0.2, 0.25) is 0 Å². The average molecular weight is 426 g/mol. The number of anilines is 1. The van der Waals surface area contributed by atoms with E-state index in [1.54, 1.807) is 18.2 Å². The van der Waals surface area contributed by atoms with Crippen LogP contribution in [-0.4, -0.2) is 46.4 Å². The van der Waals surface area contributed by atoms with Gasteiger partial charge in [-0.25, -0.2) is 8.42 Å². The minimum atomic E-state index is -3.67. The van der Waals surface area contributed by atoms with Gasteiger partial charge in [0.05, 0.1) is 18.5 Å². The Labute approximate surface area is 175 Å². The second-order valence-corrected chi connectivity index (χ2v) is 8.98. The molecule has 1 aliphatic heterocycles. The fraction of sp³-hybridized carbons (Fsp3) is 0.227. The van der Waals surface area contributed by atoms with E-state index in [1.807, 2.05) is 48.5 Å². The van der Waals surface area contributed by atoms with Gasteiger partial charge in [-0.15, -0.1) is 0 Å². The van der Waals surface area contributed by atoms with Crippen LogP contribution in [0.4, 0.5) is 5.69 Å². The van der Waals surface area contributed by atoms with Crippen molar-refractivity contribution >= 4 is 32.4 Å². The molecule has 30 heavy (non-hydrogen) atoms. The molecule has 1 aliphatic rings. The fourth-order valence-corrected chi connectivity index (χ4v) is 4.25. The minimum absolute atomic E-state index is 0.209. The molecule has 1 heterocycles. The molecule has 8 heteroatoms. The van der Waals surface area contributed by atoms with Gasteiger partial charge in [0.2, 0.25) is 15.9 Å². The average Bonchev–Trinajstić information content (AvgIpc) is 2.75. The molecule has 3 aromatic carbocycles. The molecule has 0 bridgehead atoms. The minimum Gasteiger partial charge on any atom is -0.486 e. The third-order valence-corrected chi connectivity index (χ3v) is 5.94. The van der Waals surface area contributed by atoms with E-state index in [0.717, 1.165) is 21.3 Å². The van der Waals surface area contributed by atoms with Gasteiger partial charge in [-0.2, -0.15) is 0 Å². The van der Waals surface area contributed by atoms with Gasteiger partial charge in [-0.05, 0) is 23.6 Å². The summed E-state index contributed by atoms with van der Waals surface area (Å²) in [5.41, 5.74) is 0.469. The standard InChI is InChI=1S/C22H22N2O5S/c1-30(26,27)24(19-10-6-8-16-7-2-3-9-18(16)19)14-22(25)23-13-17-15-28-20-11-4-5-12-21(20)29-17/h2-12,17H,13-15H2,1H3,(H,23,25)/t17-/m1/s1. The number of sulfonamides is 1. The second-order valence-electron chi connectivity index (χ2n) is 7.07. The Morgan fingerprint density at radius 2 is 1.73 bits per heavy atom. The summed E-state index contributed by atoms with van der Waals surface area (Å²) in [5, 5.41) is 4.41. The molecule has 0 fully saturated rings. The summed E-state index contributed by atoms with van der Waals surface area (Å²) in [6.45, 7) is 0.188. The number of nitrogens with zero attached hydrogens (tertiary/aromatic N) is 1. The number of para-hydroxylation sites is 2. The predicted octanol–water partition coefficient (Wildman–Crippen LogP) is 2.56. The molecule has 0 saturated carbocycles. The van der Waals surface area contributed by atoms with Gasteiger partial charge in [-0.1, -0.05) is 48.5 Å². The molecule has 1 amide bonds. The van der Waals surface area contributed by atoms with Gasteiger partial charge in [0.1, 0.15) is 19.3 Å². The lowest BCUT2D eigenvalue weighted by molar-refractivity contribution is -0.120. The van der Waals surface area contributed by atoms with Gasteiger partial charge in [0.25, 0.3) is 0 Å². The van der Waals surface area contributed by atoms with Crippen molar-refractivity contribution in [1.29, 1.82) is 0 Å². The number of amides is 1. The molecule has 0 unspecified atom stereocenters. The molecule has 4 rings (SSSR count). The van der Waals surface area contributed by atoms with Gasteiger partial charge >= 0.3 is 0 Å². The molecule has 156 valence electrons. The maximum atomic E-state index is 12.6. The molecule has 0 aromatic heterocycles. The van der Waals surface area contributed by atoms with Crippen LogP contribution in [0.3, 0.4) is 0 Å². The third-order valence-electron chi connectivity index (χ3n) is 4.82. The van der Waals surface area contributed by atoms with Crippen LogP contribution < -0.4 is 19.1 Å². The summed E-state index contributed by atoms with van der Waals surface area (Å²) in [7, 11) is -3.67. The van der Waals surface area contributed by atoms with Crippen molar-refractivity contribution in [3.05, 3.63) is 66.7 Å². The van der Waals surface area contributed by atoms with Crippen LogP contribution in [0.15, 0.2) is 66.7 Å². The van der Waals surface area contributed by atoms with Crippen LogP contribution in [0.5, 0.6) is 11.5 Å². The van der Waals surface area contributed by atoms with Crippen molar-refractivity contribution in [2.24, 2.45) is 0 Å². The number of benzene rings is 3. The third kappa shape index (κ3) is 4.33. The van der Waals surface area contributed by atoms with E-state index in [9.17, 15) is 13.2 Å². The largest absolute Gasteiger partial charge is 0.486 e.